The van der Waals surface area contributed by atoms with Crippen molar-refractivity contribution >= 4 is 0 Å². The molecule has 0 fully saturated rings. The molecule has 0 radical (unpaired) electrons. The van der Waals surface area contributed by atoms with Crippen molar-refractivity contribution in [2.75, 3.05) is 13.1 Å². The van der Waals surface area contributed by atoms with Gasteiger partial charge in [-0.15, -0.1) is 0 Å². The van der Waals surface area contributed by atoms with Crippen LogP contribution in [0.4, 0.5) is 0 Å². The average Bonchev–Trinajstić information content (AvgIpc) is 2.16. The van der Waals surface area contributed by atoms with Gasteiger partial charge >= 0.3 is 0 Å². The first-order valence-electron chi connectivity index (χ1n) is 5.35. The normalized spacial score (nSPS) is 11.9. The number of hydrogen-bond acceptors (Lipinski definition) is 2. The van der Waals surface area contributed by atoms with Crippen LogP contribution < -0.4 is 5.32 Å². The molecule has 80 valence electrons. The average molecular weight is 194 g/mol. The monoisotopic (exact) mass is 194 g/mol. The fourth-order valence-corrected chi connectivity index (χ4v) is 1.19. The van der Waals surface area contributed by atoms with Crippen LogP contribution in [0.1, 0.15) is 40.0 Å². The lowest BCUT2D eigenvalue weighted by atomic mass is 9.90. The topological polar surface area (TPSA) is 35.8 Å². The van der Waals surface area contributed by atoms with Crippen molar-refractivity contribution in [1.82, 2.24) is 5.32 Å². The van der Waals surface area contributed by atoms with Gasteiger partial charge < -0.3 is 5.32 Å². The molecular formula is C12H22N2. The molecule has 0 atom stereocenters. The van der Waals surface area contributed by atoms with Gasteiger partial charge in [0, 0.05) is 0 Å². The summed E-state index contributed by atoms with van der Waals surface area (Å²) in [6.45, 7) is 8.08. The van der Waals surface area contributed by atoms with Gasteiger partial charge in [0.2, 0.25) is 0 Å². The molecular weight excluding hydrogens is 172 g/mol. The molecule has 0 saturated carbocycles. The summed E-state index contributed by atoms with van der Waals surface area (Å²) in [4.78, 5) is 0. The zero-order valence-electron chi connectivity index (χ0n) is 9.64. The maximum absolute atomic E-state index is 8.79. The van der Waals surface area contributed by atoms with E-state index in [1.807, 2.05) is 20.8 Å². The molecule has 0 unspecified atom stereocenters. The van der Waals surface area contributed by atoms with E-state index in [0.717, 1.165) is 32.4 Å². The van der Waals surface area contributed by atoms with Gasteiger partial charge in [-0.2, -0.15) is 5.26 Å². The smallest absolute Gasteiger partial charge is 0.0683 e. The third-order valence-electron chi connectivity index (χ3n) is 2.18. The zero-order valence-corrected chi connectivity index (χ0v) is 9.64. The van der Waals surface area contributed by atoms with Crippen molar-refractivity contribution in [3.63, 3.8) is 0 Å². The highest BCUT2D eigenvalue weighted by Gasteiger charge is 2.14. The maximum Gasteiger partial charge on any atom is 0.0683 e. The molecule has 0 bridgehead atoms. The Morgan fingerprint density at radius 1 is 1.36 bits per heavy atom. The second kappa shape index (κ2) is 7.58. The van der Waals surface area contributed by atoms with E-state index in [4.69, 9.17) is 5.26 Å². The molecule has 0 spiro atoms. The number of rotatable bonds is 7. The van der Waals surface area contributed by atoms with Gasteiger partial charge in [0.05, 0.1) is 11.5 Å². The summed E-state index contributed by atoms with van der Waals surface area (Å²) in [6.07, 6.45) is 7.38. The van der Waals surface area contributed by atoms with Gasteiger partial charge in [0.1, 0.15) is 0 Å². The number of nitrogens with one attached hydrogen (secondary N) is 1. The van der Waals surface area contributed by atoms with Crippen molar-refractivity contribution in [3.05, 3.63) is 12.2 Å². The van der Waals surface area contributed by atoms with E-state index >= 15 is 0 Å². The lowest BCUT2D eigenvalue weighted by Gasteiger charge is -2.14. The van der Waals surface area contributed by atoms with Gasteiger partial charge in [-0.1, -0.05) is 12.2 Å². The van der Waals surface area contributed by atoms with E-state index in [0.29, 0.717) is 0 Å². The summed E-state index contributed by atoms with van der Waals surface area (Å²) >= 11 is 0. The van der Waals surface area contributed by atoms with Gasteiger partial charge in [0.25, 0.3) is 0 Å². The van der Waals surface area contributed by atoms with Crippen LogP contribution >= 0.6 is 0 Å². The Morgan fingerprint density at radius 2 is 2.07 bits per heavy atom. The summed E-state index contributed by atoms with van der Waals surface area (Å²) in [5.41, 5.74) is -0.162. The summed E-state index contributed by atoms with van der Waals surface area (Å²) < 4.78 is 0. The first-order valence-corrected chi connectivity index (χ1v) is 5.35. The van der Waals surface area contributed by atoms with Crippen molar-refractivity contribution in [1.29, 1.82) is 5.26 Å². The first-order chi connectivity index (χ1) is 6.62. The fourth-order valence-electron chi connectivity index (χ4n) is 1.19. The first kappa shape index (κ1) is 13.2. The third kappa shape index (κ3) is 7.82. The largest absolute Gasteiger partial charge is 0.316 e. The van der Waals surface area contributed by atoms with Gasteiger partial charge in [-0.3, -0.25) is 0 Å². The highest BCUT2D eigenvalue weighted by atomic mass is 14.8. The highest BCUT2D eigenvalue weighted by Crippen LogP contribution is 2.19. The Labute approximate surface area is 88.0 Å². The summed E-state index contributed by atoms with van der Waals surface area (Å²) in [5.74, 6) is 0. The molecule has 0 amide bonds. The van der Waals surface area contributed by atoms with Crippen LogP contribution in [0.5, 0.6) is 0 Å². The van der Waals surface area contributed by atoms with Crippen LogP contribution in [0.15, 0.2) is 12.2 Å². The van der Waals surface area contributed by atoms with E-state index in [2.05, 4.69) is 23.5 Å². The number of nitriles is 1. The molecule has 2 nitrogen and oxygen atoms in total. The van der Waals surface area contributed by atoms with Crippen molar-refractivity contribution in [2.24, 2.45) is 5.41 Å². The summed E-state index contributed by atoms with van der Waals surface area (Å²) in [5, 5.41) is 12.1. The minimum Gasteiger partial charge on any atom is -0.316 e. The minimum absolute atomic E-state index is 0.162. The van der Waals surface area contributed by atoms with E-state index in [1.165, 1.54) is 0 Å². The van der Waals surface area contributed by atoms with E-state index < -0.39 is 0 Å². The quantitative estimate of drug-likeness (QED) is 0.499. The second-order valence-electron chi connectivity index (χ2n) is 4.21. The van der Waals surface area contributed by atoms with Crippen molar-refractivity contribution in [3.8, 4) is 6.07 Å². The van der Waals surface area contributed by atoms with E-state index in [-0.39, 0.29) is 5.41 Å². The Balaban J connectivity index is 3.27. The molecule has 0 aliphatic carbocycles. The van der Waals surface area contributed by atoms with Crippen LogP contribution in [0, 0.1) is 16.7 Å². The van der Waals surface area contributed by atoms with Gasteiger partial charge in [-0.05, 0) is 53.1 Å². The Morgan fingerprint density at radius 3 is 2.64 bits per heavy atom. The van der Waals surface area contributed by atoms with Crippen LogP contribution in [0.3, 0.4) is 0 Å². The molecule has 0 saturated heterocycles. The maximum atomic E-state index is 8.79. The molecule has 0 aliphatic rings. The van der Waals surface area contributed by atoms with Crippen molar-refractivity contribution in [2.45, 2.75) is 40.0 Å². The standard InChI is InChI=1S/C12H22N2/c1-4-5-6-9-14-10-7-8-12(2,3)11-13/h4-5,14H,6-10H2,1-3H3/b5-4+. The minimum atomic E-state index is -0.162. The van der Waals surface area contributed by atoms with Gasteiger partial charge in [0.15, 0.2) is 0 Å². The molecule has 0 aromatic carbocycles. The van der Waals surface area contributed by atoms with Crippen LogP contribution in [-0.2, 0) is 0 Å². The number of nitrogens with zero attached hydrogens (tertiary/aromatic N) is 1. The van der Waals surface area contributed by atoms with E-state index in [9.17, 15) is 0 Å². The summed E-state index contributed by atoms with van der Waals surface area (Å²) in [7, 11) is 0. The predicted molar refractivity (Wildman–Crippen MR) is 60.9 cm³/mol. The molecule has 0 heterocycles. The zero-order chi connectivity index (χ0) is 10.9. The Hall–Kier alpha value is -0.810. The summed E-state index contributed by atoms with van der Waals surface area (Å²) in [6, 6.07) is 2.31. The molecule has 1 N–H and O–H groups in total. The fraction of sp³-hybridized carbons (Fsp3) is 0.750. The Kier molecular flexibility index (Phi) is 7.14. The Bertz CT molecular complexity index is 199. The van der Waals surface area contributed by atoms with Crippen LogP contribution in [0.2, 0.25) is 0 Å². The van der Waals surface area contributed by atoms with Crippen LogP contribution in [0.25, 0.3) is 0 Å². The van der Waals surface area contributed by atoms with Crippen molar-refractivity contribution < 1.29 is 0 Å². The molecule has 0 aromatic heterocycles. The van der Waals surface area contributed by atoms with Crippen LogP contribution in [-0.4, -0.2) is 13.1 Å². The lowest BCUT2D eigenvalue weighted by molar-refractivity contribution is 0.427. The number of allylic oxidation sites excluding steroid dienone is 1. The molecule has 2 heteroatoms. The third-order valence-corrected chi connectivity index (χ3v) is 2.18. The molecule has 0 aliphatic heterocycles. The van der Waals surface area contributed by atoms with E-state index in [1.54, 1.807) is 0 Å². The highest BCUT2D eigenvalue weighted by molar-refractivity contribution is 4.91. The number of hydrogen-bond donors (Lipinski definition) is 1. The lowest BCUT2D eigenvalue weighted by Crippen LogP contribution is -2.18. The second-order valence-corrected chi connectivity index (χ2v) is 4.21. The molecule has 0 aromatic rings. The van der Waals surface area contributed by atoms with Gasteiger partial charge in [-0.25, -0.2) is 0 Å². The molecule has 14 heavy (non-hydrogen) atoms. The molecule has 0 rings (SSSR count). The predicted octanol–water partition coefficient (Wildman–Crippen LogP) is 2.87. The SMILES string of the molecule is C/C=C/CCNCCCC(C)(C)C#N.